The number of rotatable bonds is 1. The fraction of sp³-hybridized carbons (Fsp3) is 0.333. The molecule has 0 aromatic rings. The van der Waals surface area contributed by atoms with Gasteiger partial charge in [0, 0.05) is 58.0 Å². The maximum atomic E-state index is 2.91. The summed E-state index contributed by atoms with van der Waals surface area (Å²) < 4.78 is 5.55. The van der Waals surface area contributed by atoms with Gasteiger partial charge >= 0.3 is 0 Å². The Balaban J connectivity index is 3.10. The summed E-state index contributed by atoms with van der Waals surface area (Å²) in [5, 5.41) is 0. The largest absolute Gasteiger partial charge is 0.0909 e. The summed E-state index contributed by atoms with van der Waals surface area (Å²) in [5.41, 5.74) is 0. The molecule has 0 aliphatic carbocycles. The molecule has 0 atom stereocenters. The smallest absolute Gasteiger partial charge is 0.0207 e. The molecular weight excluding hydrogens is 326 g/mol. The third kappa shape index (κ3) is 6.58. The van der Waals surface area contributed by atoms with Crippen molar-refractivity contribution in [3.05, 3.63) is 0 Å². The van der Waals surface area contributed by atoms with Gasteiger partial charge in [0.25, 0.3) is 0 Å². The summed E-state index contributed by atoms with van der Waals surface area (Å²) in [6.07, 6.45) is 1.80. The molecule has 0 heterocycles. The van der Waals surface area contributed by atoms with Crippen LogP contribution in [0.15, 0.2) is 0 Å². The summed E-state index contributed by atoms with van der Waals surface area (Å²) in [7, 11) is 0. The van der Waals surface area contributed by atoms with Gasteiger partial charge in [-0.2, -0.15) is 0 Å². The molecule has 0 aromatic heterocycles. The van der Waals surface area contributed by atoms with Crippen LogP contribution in [0.4, 0.5) is 0 Å². The van der Waals surface area contributed by atoms with Gasteiger partial charge in [0.05, 0.1) is 0 Å². The van der Waals surface area contributed by atoms with Crippen LogP contribution in [0.5, 0.6) is 0 Å². The van der Waals surface area contributed by atoms with E-state index in [2.05, 4.69) is 19.7 Å². The van der Waals surface area contributed by atoms with Gasteiger partial charge in [-0.05, 0) is 7.85 Å². The molecule has 2 heteroatoms. The van der Waals surface area contributed by atoms with E-state index in [1.807, 2.05) is 45.2 Å². The van der Waals surface area contributed by atoms with Gasteiger partial charge in [-0.1, -0.05) is 11.8 Å². The van der Waals surface area contributed by atoms with Gasteiger partial charge in [-0.15, -0.1) is 0 Å². The van der Waals surface area contributed by atoms with E-state index < -0.39 is 0 Å². The molecule has 0 aromatic carbocycles. The zero-order valence-corrected chi connectivity index (χ0v) is 8.49. The zero-order chi connectivity index (χ0) is 6.24. The minimum absolute atomic E-state index is 0.902. The second-order valence-electron chi connectivity index (χ2n) is 1.04. The van der Waals surface area contributed by atoms with Crippen molar-refractivity contribution < 1.29 is 0 Å². The molecule has 0 bridgehead atoms. The zero-order valence-electron chi connectivity index (χ0n) is 4.17. The topological polar surface area (TPSA) is 0 Å². The van der Waals surface area contributed by atoms with Gasteiger partial charge in [0.2, 0.25) is 0 Å². The van der Waals surface area contributed by atoms with E-state index >= 15 is 0 Å². The van der Waals surface area contributed by atoms with E-state index in [0.717, 1.165) is 12.8 Å². The Kier molecular flexibility index (Phi) is 8.13. The van der Waals surface area contributed by atoms with Crippen molar-refractivity contribution in [2.45, 2.75) is 12.8 Å². The Morgan fingerprint density at radius 2 is 1.25 bits per heavy atom. The molecule has 0 unspecified atom stereocenters. The van der Waals surface area contributed by atoms with Crippen molar-refractivity contribution in [1.82, 2.24) is 0 Å². The summed E-state index contributed by atoms with van der Waals surface area (Å²) >= 11 is 4.06. The maximum absolute atomic E-state index is 2.91. The lowest BCUT2D eigenvalue weighted by atomic mass is 10.3. The van der Waals surface area contributed by atoms with Crippen LogP contribution < -0.4 is 0 Å². The first-order chi connectivity index (χ1) is 3.91. The van der Waals surface area contributed by atoms with Gasteiger partial charge in [0.15, 0.2) is 0 Å². The molecule has 0 saturated heterocycles. The average molecular weight is 330 g/mol. The van der Waals surface area contributed by atoms with Crippen LogP contribution in [0.25, 0.3) is 0 Å². The van der Waals surface area contributed by atoms with E-state index in [-0.39, 0.29) is 0 Å². The molecule has 0 radical (unpaired) electrons. The molecule has 0 N–H and O–H groups in total. The number of halogens is 2. The first kappa shape index (κ1) is 8.58. The second kappa shape index (κ2) is 7.58. The van der Waals surface area contributed by atoms with Crippen LogP contribution in [0.3, 0.4) is 0 Å². The summed E-state index contributed by atoms with van der Waals surface area (Å²) in [6.45, 7) is 0. The molecule has 0 saturated carbocycles. The predicted octanol–water partition coefficient (Wildman–Crippen LogP) is 2.56. The highest BCUT2D eigenvalue weighted by Crippen LogP contribution is 1.85. The van der Waals surface area contributed by atoms with E-state index in [0.29, 0.717) is 0 Å². The normalized spacial score (nSPS) is 5.75. The maximum Gasteiger partial charge on any atom is 0.0207 e. The van der Waals surface area contributed by atoms with Crippen molar-refractivity contribution in [3.63, 3.8) is 0 Å². The molecule has 0 aliphatic heterocycles. The van der Waals surface area contributed by atoms with Crippen molar-refractivity contribution >= 4 is 45.2 Å². The molecule has 42 valence electrons. The third-order valence-corrected chi connectivity index (χ3v) is 1.27. The van der Waals surface area contributed by atoms with Crippen molar-refractivity contribution in [2.75, 3.05) is 0 Å². The Morgan fingerprint density at radius 3 is 1.50 bits per heavy atom. The SMILES string of the molecule is IC#CCCC#CI. The predicted molar refractivity (Wildman–Crippen MR) is 52.8 cm³/mol. The van der Waals surface area contributed by atoms with Crippen LogP contribution in [-0.2, 0) is 0 Å². The molecule has 0 aliphatic rings. The van der Waals surface area contributed by atoms with Crippen LogP contribution in [0.2, 0.25) is 0 Å². The van der Waals surface area contributed by atoms with Gasteiger partial charge in [0.1, 0.15) is 0 Å². The van der Waals surface area contributed by atoms with Crippen molar-refractivity contribution in [2.24, 2.45) is 0 Å². The average Bonchev–Trinajstić information content (AvgIpc) is 1.81. The number of unbranched alkanes of at least 4 members (excludes halogenated alkanes) is 1. The minimum Gasteiger partial charge on any atom is -0.0909 e. The molecule has 0 nitrogen and oxygen atoms in total. The first-order valence-electron chi connectivity index (χ1n) is 2.09. The minimum atomic E-state index is 0.902. The van der Waals surface area contributed by atoms with Crippen LogP contribution in [0, 0.1) is 19.7 Å². The van der Waals surface area contributed by atoms with Crippen molar-refractivity contribution in [1.29, 1.82) is 0 Å². The lowest BCUT2D eigenvalue weighted by molar-refractivity contribution is 1.12. The molecule has 0 amide bonds. The van der Waals surface area contributed by atoms with Crippen LogP contribution >= 0.6 is 45.2 Å². The lowest BCUT2D eigenvalue weighted by Crippen LogP contribution is -1.61. The Labute approximate surface area is 77.1 Å². The van der Waals surface area contributed by atoms with E-state index in [1.165, 1.54) is 0 Å². The third-order valence-electron chi connectivity index (χ3n) is 0.509. The van der Waals surface area contributed by atoms with Gasteiger partial charge in [-0.3, -0.25) is 0 Å². The summed E-state index contributed by atoms with van der Waals surface area (Å²) in [4.78, 5) is 0. The van der Waals surface area contributed by atoms with E-state index in [4.69, 9.17) is 0 Å². The van der Waals surface area contributed by atoms with E-state index in [1.54, 1.807) is 0 Å². The molecule has 0 fully saturated rings. The second-order valence-corrected chi connectivity index (χ2v) is 2.12. The lowest BCUT2D eigenvalue weighted by Gasteiger charge is -1.73. The number of hydrogen-bond donors (Lipinski definition) is 0. The van der Waals surface area contributed by atoms with Crippen LogP contribution in [0.1, 0.15) is 12.8 Å². The molecule has 8 heavy (non-hydrogen) atoms. The molecule has 0 rings (SSSR count). The van der Waals surface area contributed by atoms with Crippen molar-refractivity contribution in [3.8, 4) is 19.7 Å². The Morgan fingerprint density at radius 1 is 0.875 bits per heavy atom. The first-order valence-corrected chi connectivity index (χ1v) is 4.24. The quantitative estimate of drug-likeness (QED) is 0.394. The monoisotopic (exact) mass is 330 g/mol. The summed E-state index contributed by atoms with van der Waals surface area (Å²) in [6, 6.07) is 0. The standard InChI is InChI=1S/C6H4I2/c7-5-3-1-2-4-6-8/h1-2H2. The molecular formula is C6H4I2. The fourth-order valence-corrected chi connectivity index (χ4v) is 0.759. The van der Waals surface area contributed by atoms with Crippen LogP contribution in [-0.4, -0.2) is 0 Å². The highest BCUT2D eigenvalue weighted by molar-refractivity contribution is 14.1. The number of hydrogen-bond acceptors (Lipinski definition) is 0. The Hall–Kier alpha value is 0.580. The Bertz CT molecular complexity index is 131. The molecule has 0 spiro atoms. The highest BCUT2D eigenvalue weighted by atomic mass is 127. The fourth-order valence-electron chi connectivity index (χ4n) is 0.219. The van der Waals surface area contributed by atoms with Gasteiger partial charge < -0.3 is 0 Å². The highest BCUT2D eigenvalue weighted by Gasteiger charge is 1.70. The van der Waals surface area contributed by atoms with Gasteiger partial charge in [-0.25, -0.2) is 0 Å². The summed E-state index contributed by atoms with van der Waals surface area (Å²) in [5.74, 6) is 5.83. The van der Waals surface area contributed by atoms with E-state index in [9.17, 15) is 0 Å².